The lowest BCUT2D eigenvalue weighted by atomic mass is 9.96. The van der Waals surface area contributed by atoms with Gasteiger partial charge in [0.2, 0.25) is 0 Å². The highest BCUT2D eigenvalue weighted by Crippen LogP contribution is 2.42. The predicted molar refractivity (Wildman–Crippen MR) is 140 cm³/mol. The molecule has 15 heteroatoms. The van der Waals surface area contributed by atoms with Crippen LogP contribution in [0.25, 0.3) is 5.76 Å². The lowest BCUT2D eigenvalue weighted by Crippen LogP contribution is -2.64. The molecular formula is C27H31ClO14. The molecule has 9 N–H and O–H groups in total. The first-order valence-corrected chi connectivity index (χ1v) is 13.3. The number of allylic oxidation sites excluding steroid dienone is 2. The number of benzene rings is 1. The van der Waals surface area contributed by atoms with Crippen LogP contribution in [0.3, 0.4) is 0 Å². The highest BCUT2D eigenvalue weighted by atomic mass is 35.5. The van der Waals surface area contributed by atoms with Gasteiger partial charge in [-0.15, -0.1) is 0 Å². The van der Waals surface area contributed by atoms with Gasteiger partial charge in [0.15, 0.2) is 23.9 Å². The number of hydrogen-bond acceptors (Lipinski definition) is 14. The molecule has 0 aromatic heterocycles. The number of aliphatic hydroxyl groups excluding tert-OH is 8. The topological polar surface area (TPSA) is 228 Å². The number of alkyl halides is 1. The second-order valence-electron chi connectivity index (χ2n) is 10.3. The Kier molecular flexibility index (Phi) is 8.48. The monoisotopic (exact) mass is 614 g/mol. The number of hydrogen-bond donors (Lipinski definition) is 9. The second kappa shape index (κ2) is 11.7. The SMILES string of the molecule is C[C@@H]1O[C@@H](OC[C@H]2O[C@](Cl)(OC3=C(c4ccc(O)cc4)OC4C=C(O)C=C(O)C4=C3)[C@H](O)[C@@H](O)[C@@H]2O)[C@H](O)[C@H](O)[C@H]1O. The maximum absolute atomic E-state index is 10.8. The highest BCUT2D eigenvalue weighted by molar-refractivity contribution is 6.22. The minimum Gasteiger partial charge on any atom is -0.508 e. The van der Waals surface area contributed by atoms with E-state index < -0.39 is 73.1 Å². The minimum absolute atomic E-state index is 0.00741. The third-order valence-electron chi connectivity index (χ3n) is 7.30. The number of ether oxygens (including phenoxy) is 5. The first kappa shape index (κ1) is 30.6. The van der Waals surface area contributed by atoms with Crippen molar-refractivity contribution < 1.29 is 69.6 Å². The van der Waals surface area contributed by atoms with Gasteiger partial charge in [-0.3, -0.25) is 0 Å². The zero-order chi connectivity index (χ0) is 30.5. The zero-order valence-electron chi connectivity index (χ0n) is 22.0. The van der Waals surface area contributed by atoms with Crippen LogP contribution in [-0.4, -0.2) is 119 Å². The molecule has 4 aliphatic rings. The molecule has 0 bridgehead atoms. The van der Waals surface area contributed by atoms with Crippen LogP contribution < -0.4 is 0 Å². The summed E-state index contributed by atoms with van der Waals surface area (Å²) in [7, 11) is 0. The Morgan fingerprint density at radius 1 is 0.881 bits per heavy atom. The van der Waals surface area contributed by atoms with Crippen LogP contribution in [0.2, 0.25) is 0 Å². The van der Waals surface area contributed by atoms with E-state index in [9.17, 15) is 46.0 Å². The molecular weight excluding hydrogens is 584 g/mol. The van der Waals surface area contributed by atoms with Gasteiger partial charge in [-0.25, -0.2) is 0 Å². The molecule has 11 atom stereocenters. The number of aliphatic hydroxyl groups is 8. The van der Waals surface area contributed by atoms with Crippen molar-refractivity contribution in [2.75, 3.05) is 6.61 Å². The van der Waals surface area contributed by atoms with Crippen LogP contribution in [0.5, 0.6) is 5.75 Å². The molecule has 14 nitrogen and oxygen atoms in total. The molecule has 0 spiro atoms. The van der Waals surface area contributed by atoms with E-state index in [1.54, 1.807) is 0 Å². The number of aromatic hydroxyl groups is 1. The third kappa shape index (κ3) is 5.70. The summed E-state index contributed by atoms with van der Waals surface area (Å²) in [6, 6.07) is 5.68. The molecule has 3 aliphatic heterocycles. The fraction of sp³-hybridized carbons (Fsp3) is 0.481. The van der Waals surface area contributed by atoms with Gasteiger partial charge in [0, 0.05) is 23.3 Å². The van der Waals surface area contributed by atoms with E-state index in [1.807, 2.05) is 0 Å². The molecule has 3 heterocycles. The summed E-state index contributed by atoms with van der Waals surface area (Å²) in [6.07, 6.45) is -11.5. The average Bonchev–Trinajstić information content (AvgIpc) is 2.95. The lowest BCUT2D eigenvalue weighted by Gasteiger charge is -2.46. The molecule has 1 aromatic carbocycles. The Balaban J connectivity index is 1.42. The van der Waals surface area contributed by atoms with E-state index in [-0.39, 0.29) is 34.4 Å². The minimum atomic E-state index is -2.58. The molecule has 0 radical (unpaired) electrons. The molecule has 0 amide bonds. The molecule has 2 fully saturated rings. The van der Waals surface area contributed by atoms with Gasteiger partial charge in [0.05, 0.1) is 12.7 Å². The predicted octanol–water partition coefficient (Wildman–Crippen LogP) is -0.482. The molecule has 1 aromatic rings. The Labute approximate surface area is 243 Å². The Morgan fingerprint density at radius 3 is 2.26 bits per heavy atom. The Morgan fingerprint density at radius 2 is 1.57 bits per heavy atom. The number of phenolic OH excluding ortho intramolecular Hbond substituents is 1. The van der Waals surface area contributed by atoms with E-state index in [0.29, 0.717) is 5.56 Å². The smallest absolute Gasteiger partial charge is 0.320 e. The third-order valence-corrected chi connectivity index (χ3v) is 7.69. The van der Waals surface area contributed by atoms with Crippen LogP contribution in [0.4, 0.5) is 0 Å². The van der Waals surface area contributed by atoms with Crippen LogP contribution in [0.15, 0.2) is 65.3 Å². The fourth-order valence-corrected chi connectivity index (χ4v) is 5.20. The lowest BCUT2D eigenvalue weighted by molar-refractivity contribution is -0.335. The molecule has 1 aliphatic carbocycles. The first-order chi connectivity index (χ1) is 19.8. The quantitative estimate of drug-likeness (QED) is 0.184. The Hall–Kier alpha value is -2.89. The van der Waals surface area contributed by atoms with E-state index >= 15 is 0 Å². The van der Waals surface area contributed by atoms with Crippen molar-refractivity contribution in [2.24, 2.45) is 0 Å². The fourth-order valence-electron chi connectivity index (χ4n) is 4.87. The van der Waals surface area contributed by atoms with Gasteiger partial charge in [-0.2, -0.15) is 0 Å². The maximum atomic E-state index is 10.8. The summed E-state index contributed by atoms with van der Waals surface area (Å²) in [6.45, 7) is 0.859. The first-order valence-electron chi connectivity index (χ1n) is 12.9. The van der Waals surface area contributed by atoms with E-state index in [2.05, 4.69) is 0 Å². The van der Waals surface area contributed by atoms with E-state index in [4.69, 9.17) is 35.3 Å². The van der Waals surface area contributed by atoms with Crippen molar-refractivity contribution in [3.8, 4) is 5.75 Å². The summed E-state index contributed by atoms with van der Waals surface area (Å²) in [5.74, 6) is -0.864. The summed E-state index contributed by atoms with van der Waals surface area (Å²) < 4.78 is 28.4. The van der Waals surface area contributed by atoms with Crippen molar-refractivity contribution in [3.63, 3.8) is 0 Å². The van der Waals surface area contributed by atoms with E-state index in [0.717, 1.165) is 6.08 Å². The second-order valence-corrected chi connectivity index (χ2v) is 10.8. The number of fused-ring (bicyclic) bond motifs is 1. The van der Waals surface area contributed by atoms with Crippen molar-refractivity contribution in [3.05, 3.63) is 70.9 Å². The van der Waals surface area contributed by atoms with E-state index in [1.165, 1.54) is 43.3 Å². The zero-order valence-corrected chi connectivity index (χ0v) is 22.7. The van der Waals surface area contributed by atoms with Crippen LogP contribution in [-0.2, 0) is 23.7 Å². The van der Waals surface area contributed by atoms with Crippen molar-refractivity contribution in [1.29, 1.82) is 0 Å². The standard InChI is InChI=1S/C27H31ClO14/c1-10-19(32)21(34)23(36)26(39-10)38-9-18-20(33)22(35)25(37)27(28,42-18)41-17-8-14-15(31)6-13(30)7-16(14)40-24(17)11-2-4-12(29)5-3-11/h2-8,10,16,18-23,25-26,29-37H,9H2,1H3/t10-,16?,18+,19-,20+,21+,22-,23+,25+,26+,27+/m0/s1. The number of phenols is 1. The molecule has 2 saturated heterocycles. The largest absolute Gasteiger partial charge is 0.508 e. The van der Waals surface area contributed by atoms with Gasteiger partial charge in [-0.1, -0.05) is 0 Å². The summed E-state index contributed by atoms with van der Waals surface area (Å²) in [5.41, 5.74) is 0.499. The van der Waals surface area contributed by atoms with Crippen LogP contribution >= 0.6 is 11.6 Å². The molecule has 0 saturated carbocycles. The molecule has 42 heavy (non-hydrogen) atoms. The summed E-state index contributed by atoms with van der Waals surface area (Å²) >= 11 is 6.58. The van der Waals surface area contributed by atoms with Crippen molar-refractivity contribution in [1.82, 2.24) is 0 Å². The Bertz CT molecular complexity index is 1290. The summed E-state index contributed by atoms with van der Waals surface area (Å²) in [4.78, 5) is 0. The molecule has 1 unspecified atom stereocenters. The number of halogens is 1. The van der Waals surface area contributed by atoms with Gasteiger partial charge in [-0.05, 0) is 48.9 Å². The molecule has 5 rings (SSSR count). The summed E-state index contributed by atoms with van der Waals surface area (Å²) in [5, 5.41) is 89.7. The average molecular weight is 615 g/mol. The van der Waals surface area contributed by atoms with Crippen molar-refractivity contribution >= 4 is 17.4 Å². The van der Waals surface area contributed by atoms with Crippen molar-refractivity contribution in [2.45, 2.75) is 73.4 Å². The molecule has 230 valence electrons. The highest BCUT2D eigenvalue weighted by Gasteiger charge is 2.56. The van der Waals surface area contributed by atoms with Gasteiger partial charge in [0.1, 0.15) is 60.0 Å². The number of rotatable bonds is 6. The van der Waals surface area contributed by atoms with Crippen LogP contribution in [0, 0.1) is 0 Å². The van der Waals surface area contributed by atoms with Gasteiger partial charge >= 0.3 is 5.25 Å². The van der Waals surface area contributed by atoms with Crippen LogP contribution in [0.1, 0.15) is 12.5 Å². The van der Waals surface area contributed by atoms with Gasteiger partial charge < -0.3 is 69.6 Å². The van der Waals surface area contributed by atoms with Gasteiger partial charge in [0.25, 0.3) is 0 Å². The normalized spacial score (nSPS) is 40.3. The maximum Gasteiger partial charge on any atom is 0.320 e.